The number of rotatable bonds is 7. The molecule has 3 N–H and O–H groups in total. The van der Waals surface area contributed by atoms with Gasteiger partial charge in [-0.2, -0.15) is 0 Å². The van der Waals surface area contributed by atoms with Gasteiger partial charge < -0.3 is 11.1 Å². The summed E-state index contributed by atoms with van der Waals surface area (Å²) >= 11 is 1.80. The molecule has 0 saturated carbocycles. The lowest BCUT2D eigenvalue weighted by Crippen LogP contribution is -2.29. The molecule has 92 valence electrons. The van der Waals surface area contributed by atoms with Gasteiger partial charge in [-0.1, -0.05) is 20.3 Å². The lowest BCUT2D eigenvalue weighted by molar-refractivity contribution is 0.439. The van der Waals surface area contributed by atoms with Crippen LogP contribution in [0, 0.1) is 5.92 Å². The monoisotopic (exact) mass is 241 g/mol. The Labute approximate surface area is 102 Å². The topological polar surface area (TPSA) is 50.9 Å². The van der Waals surface area contributed by atoms with Gasteiger partial charge in [0.05, 0.1) is 6.04 Å². The minimum absolute atomic E-state index is 0.339. The highest BCUT2D eigenvalue weighted by Gasteiger charge is 2.11. The van der Waals surface area contributed by atoms with Gasteiger partial charge in [0.15, 0.2) is 0 Å². The third-order valence-electron chi connectivity index (χ3n) is 2.91. The van der Waals surface area contributed by atoms with E-state index in [2.05, 4.69) is 31.1 Å². The Kier molecular flexibility index (Phi) is 5.95. The van der Waals surface area contributed by atoms with Crippen LogP contribution >= 0.6 is 11.3 Å². The third-order valence-corrected chi connectivity index (χ3v) is 4.24. The first-order valence-corrected chi connectivity index (χ1v) is 6.90. The van der Waals surface area contributed by atoms with E-state index in [1.54, 1.807) is 11.3 Å². The lowest BCUT2D eigenvalue weighted by Gasteiger charge is -2.16. The van der Waals surface area contributed by atoms with Gasteiger partial charge in [-0.05, 0) is 32.4 Å². The SMILES string of the molecule is CCc1cnc(C(C)NCC(CC)CN)s1. The molecule has 1 aromatic heterocycles. The average molecular weight is 241 g/mol. The fourth-order valence-corrected chi connectivity index (χ4v) is 2.40. The number of hydrogen-bond acceptors (Lipinski definition) is 4. The van der Waals surface area contributed by atoms with Crippen molar-refractivity contribution in [1.29, 1.82) is 0 Å². The maximum Gasteiger partial charge on any atom is 0.109 e. The van der Waals surface area contributed by atoms with Crippen LogP contribution in [-0.4, -0.2) is 18.1 Å². The zero-order valence-corrected chi connectivity index (χ0v) is 11.3. The van der Waals surface area contributed by atoms with Crippen LogP contribution in [0.1, 0.15) is 43.1 Å². The van der Waals surface area contributed by atoms with Gasteiger partial charge in [-0.25, -0.2) is 4.98 Å². The van der Waals surface area contributed by atoms with Crippen molar-refractivity contribution >= 4 is 11.3 Å². The van der Waals surface area contributed by atoms with E-state index in [1.165, 1.54) is 9.88 Å². The van der Waals surface area contributed by atoms with Crippen LogP contribution in [-0.2, 0) is 6.42 Å². The van der Waals surface area contributed by atoms with E-state index >= 15 is 0 Å². The van der Waals surface area contributed by atoms with Gasteiger partial charge >= 0.3 is 0 Å². The minimum Gasteiger partial charge on any atom is -0.330 e. The summed E-state index contributed by atoms with van der Waals surface area (Å²) in [5, 5.41) is 4.69. The number of aryl methyl sites for hydroxylation is 1. The maximum atomic E-state index is 5.68. The molecule has 1 aromatic rings. The number of nitrogens with zero attached hydrogens (tertiary/aromatic N) is 1. The summed E-state index contributed by atoms with van der Waals surface area (Å²) in [6.45, 7) is 8.25. The molecule has 2 unspecified atom stereocenters. The number of nitrogens with one attached hydrogen (secondary N) is 1. The standard InChI is InChI=1S/C12H23N3S/c1-4-10(6-13)7-14-9(3)12-15-8-11(5-2)16-12/h8-10,14H,4-7,13H2,1-3H3. The van der Waals surface area contributed by atoms with Crippen molar-refractivity contribution in [2.45, 2.75) is 39.7 Å². The second-order valence-electron chi connectivity index (χ2n) is 4.16. The molecule has 0 aliphatic heterocycles. The molecule has 2 atom stereocenters. The quantitative estimate of drug-likeness (QED) is 0.770. The Balaban J connectivity index is 2.42. The van der Waals surface area contributed by atoms with Gasteiger partial charge in [0.1, 0.15) is 5.01 Å². The van der Waals surface area contributed by atoms with E-state index in [0.29, 0.717) is 12.0 Å². The van der Waals surface area contributed by atoms with E-state index in [1.807, 2.05) is 6.20 Å². The first-order chi connectivity index (χ1) is 7.71. The highest BCUT2D eigenvalue weighted by Crippen LogP contribution is 2.20. The van der Waals surface area contributed by atoms with Crippen LogP contribution in [0.2, 0.25) is 0 Å². The zero-order chi connectivity index (χ0) is 12.0. The molecular weight excluding hydrogens is 218 g/mol. The molecule has 0 radical (unpaired) electrons. The average Bonchev–Trinajstić information content (AvgIpc) is 2.78. The molecule has 4 heteroatoms. The zero-order valence-electron chi connectivity index (χ0n) is 10.5. The van der Waals surface area contributed by atoms with Crippen molar-refractivity contribution in [1.82, 2.24) is 10.3 Å². The van der Waals surface area contributed by atoms with E-state index in [0.717, 1.165) is 25.9 Å². The van der Waals surface area contributed by atoms with Crippen LogP contribution in [0.5, 0.6) is 0 Å². The highest BCUT2D eigenvalue weighted by molar-refractivity contribution is 7.11. The Morgan fingerprint density at radius 2 is 2.25 bits per heavy atom. The normalized spacial score (nSPS) is 15.0. The van der Waals surface area contributed by atoms with E-state index in [4.69, 9.17) is 5.73 Å². The molecule has 0 bridgehead atoms. The first-order valence-electron chi connectivity index (χ1n) is 6.09. The fourth-order valence-electron chi connectivity index (χ4n) is 1.51. The molecule has 3 nitrogen and oxygen atoms in total. The van der Waals surface area contributed by atoms with Crippen molar-refractivity contribution < 1.29 is 0 Å². The number of aromatic nitrogens is 1. The van der Waals surface area contributed by atoms with Crippen LogP contribution in [0.15, 0.2) is 6.20 Å². The lowest BCUT2D eigenvalue weighted by atomic mass is 10.1. The van der Waals surface area contributed by atoms with Crippen LogP contribution in [0.3, 0.4) is 0 Å². The Morgan fingerprint density at radius 3 is 2.75 bits per heavy atom. The van der Waals surface area contributed by atoms with Crippen LogP contribution in [0.25, 0.3) is 0 Å². The second kappa shape index (κ2) is 6.99. The van der Waals surface area contributed by atoms with Crippen molar-refractivity contribution in [2.24, 2.45) is 11.7 Å². The van der Waals surface area contributed by atoms with Crippen molar-refractivity contribution in [3.63, 3.8) is 0 Å². The molecule has 0 fully saturated rings. The minimum atomic E-state index is 0.339. The highest BCUT2D eigenvalue weighted by atomic mass is 32.1. The molecule has 1 heterocycles. The summed E-state index contributed by atoms with van der Waals surface area (Å²) in [6, 6.07) is 0.339. The predicted molar refractivity (Wildman–Crippen MR) is 70.7 cm³/mol. The van der Waals surface area contributed by atoms with Crippen LogP contribution in [0.4, 0.5) is 0 Å². The number of nitrogens with two attached hydrogens (primary N) is 1. The summed E-state index contributed by atoms with van der Waals surface area (Å²) in [4.78, 5) is 5.80. The Morgan fingerprint density at radius 1 is 1.50 bits per heavy atom. The summed E-state index contributed by atoms with van der Waals surface area (Å²) in [7, 11) is 0. The van der Waals surface area contributed by atoms with Gasteiger partial charge in [-0.15, -0.1) is 11.3 Å². The van der Waals surface area contributed by atoms with Crippen molar-refractivity contribution in [2.75, 3.05) is 13.1 Å². The fraction of sp³-hybridized carbons (Fsp3) is 0.750. The molecule has 0 spiro atoms. The summed E-state index contributed by atoms with van der Waals surface area (Å²) in [5.74, 6) is 0.577. The van der Waals surface area contributed by atoms with Gasteiger partial charge in [0, 0.05) is 11.1 Å². The van der Waals surface area contributed by atoms with E-state index in [-0.39, 0.29) is 0 Å². The van der Waals surface area contributed by atoms with Crippen molar-refractivity contribution in [3.8, 4) is 0 Å². The summed E-state index contributed by atoms with van der Waals surface area (Å²) in [6.07, 6.45) is 4.19. The number of thiazole rings is 1. The molecule has 0 amide bonds. The van der Waals surface area contributed by atoms with E-state index < -0.39 is 0 Å². The van der Waals surface area contributed by atoms with Crippen LogP contribution < -0.4 is 11.1 Å². The van der Waals surface area contributed by atoms with Gasteiger partial charge in [-0.3, -0.25) is 0 Å². The third kappa shape index (κ3) is 3.85. The molecule has 1 rings (SSSR count). The predicted octanol–water partition coefficient (Wildman–Crippen LogP) is 2.34. The molecule has 0 aliphatic rings. The Hall–Kier alpha value is -0.450. The van der Waals surface area contributed by atoms with Crippen molar-refractivity contribution in [3.05, 3.63) is 16.1 Å². The molecule has 0 aromatic carbocycles. The number of hydrogen-bond donors (Lipinski definition) is 2. The molecule has 0 aliphatic carbocycles. The van der Waals surface area contributed by atoms with Gasteiger partial charge in [0.25, 0.3) is 0 Å². The molecule has 16 heavy (non-hydrogen) atoms. The summed E-state index contributed by atoms with van der Waals surface area (Å²) < 4.78 is 0. The Bertz CT molecular complexity index is 294. The maximum absolute atomic E-state index is 5.68. The van der Waals surface area contributed by atoms with Gasteiger partial charge in [0.2, 0.25) is 0 Å². The molecular formula is C12H23N3S. The smallest absolute Gasteiger partial charge is 0.109 e. The largest absolute Gasteiger partial charge is 0.330 e. The van der Waals surface area contributed by atoms with E-state index in [9.17, 15) is 0 Å². The molecule has 0 saturated heterocycles. The summed E-state index contributed by atoms with van der Waals surface area (Å²) in [5.41, 5.74) is 5.68. The second-order valence-corrected chi connectivity index (χ2v) is 5.31. The first kappa shape index (κ1) is 13.6.